The molecular formula is C19H15F6N5O. The number of anilines is 1. The number of pyridine rings is 1. The summed E-state index contributed by atoms with van der Waals surface area (Å²) in [5.41, 5.74) is -0.204. The van der Waals surface area contributed by atoms with Gasteiger partial charge in [0.15, 0.2) is 5.78 Å². The Morgan fingerprint density at radius 3 is 2.58 bits per heavy atom. The molecule has 3 heterocycles. The molecule has 6 nitrogen and oxygen atoms in total. The van der Waals surface area contributed by atoms with Crippen molar-refractivity contribution in [3.63, 3.8) is 0 Å². The number of rotatable bonds is 6. The smallest absolute Gasteiger partial charge is 0.360 e. The van der Waals surface area contributed by atoms with Gasteiger partial charge in [0.25, 0.3) is 0 Å². The number of hydrogen-bond donors (Lipinski definition) is 2. The molecule has 0 unspecified atom stereocenters. The molecule has 0 atom stereocenters. The molecule has 1 fully saturated rings. The van der Waals surface area contributed by atoms with Crippen molar-refractivity contribution < 1.29 is 31.1 Å². The van der Waals surface area contributed by atoms with Gasteiger partial charge >= 0.3 is 6.18 Å². The summed E-state index contributed by atoms with van der Waals surface area (Å²) in [5, 5.41) is 2.09. The summed E-state index contributed by atoms with van der Waals surface area (Å²) < 4.78 is 78.1. The molecule has 2 N–H and O–H groups in total. The number of carbonyl (C=O) groups excluding carboxylic acids is 1. The Balaban J connectivity index is 1.59. The van der Waals surface area contributed by atoms with Crippen LogP contribution in [0, 0.1) is 11.9 Å². The number of carbonyl (C=O) groups is 1. The van der Waals surface area contributed by atoms with E-state index in [-0.39, 0.29) is 53.3 Å². The summed E-state index contributed by atoms with van der Waals surface area (Å²) in [5.74, 6) is -5.17. The Labute approximate surface area is 171 Å². The maximum atomic E-state index is 14.5. The third-order valence-electron chi connectivity index (χ3n) is 4.99. The number of alkyl halides is 5. The van der Waals surface area contributed by atoms with E-state index in [9.17, 15) is 31.1 Å². The number of aromatic amines is 1. The highest BCUT2D eigenvalue weighted by atomic mass is 19.4. The fraction of sp³-hybridized carbons (Fsp3) is 0.368. The molecule has 31 heavy (non-hydrogen) atoms. The van der Waals surface area contributed by atoms with E-state index >= 15 is 0 Å². The van der Waals surface area contributed by atoms with E-state index in [0.29, 0.717) is 0 Å². The largest absolute Gasteiger partial charge is 0.405 e. The van der Waals surface area contributed by atoms with Crippen LogP contribution in [0.3, 0.4) is 0 Å². The number of hydrogen-bond acceptors (Lipinski definition) is 5. The minimum atomic E-state index is -4.52. The second-order valence-electron chi connectivity index (χ2n) is 7.42. The molecular weight excluding hydrogens is 428 g/mol. The third kappa shape index (κ3) is 4.47. The number of halogens is 6. The second-order valence-corrected chi connectivity index (χ2v) is 7.42. The van der Waals surface area contributed by atoms with Crippen LogP contribution in [0.25, 0.3) is 11.0 Å². The predicted octanol–water partition coefficient (Wildman–Crippen LogP) is 4.29. The summed E-state index contributed by atoms with van der Waals surface area (Å²) in [4.78, 5) is 26.9. The molecule has 164 valence electrons. The maximum absolute atomic E-state index is 14.5. The summed E-state index contributed by atoms with van der Waals surface area (Å²) in [7, 11) is 0. The topological polar surface area (TPSA) is 83.6 Å². The number of ketones is 1. The third-order valence-corrected chi connectivity index (χ3v) is 4.99. The predicted molar refractivity (Wildman–Crippen MR) is 97.4 cm³/mol. The fourth-order valence-electron chi connectivity index (χ4n) is 3.58. The van der Waals surface area contributed by atoms with Gasteiger partial charge in [-0.25, -0.2) is 23.7 Å². The van der Waals surface area contributed by atoms with E-state index in [1.165, 1.54) is 18.3 Å². The minimum absolute atomic E-state index is 0.0167. The highest BCUT2D eigenvalue weighted by Gasteiger charge is 2.45. The van der Waals surface area contributed by atoms with Crippen molar-refractivity contribution in [3.05, 3.63) is 47.4 Å². The molecule has 0 aromatic carbocycles. The molecule has 0 amide bonds. The molecule has 0 radical (unpaired) electrons. The Morgan fingerprint density at radius 2 is 1.94 bits per heavy atom. The highest BCUT2D eigenvalue weighted by molar-refractivity contribution is 6.17. The lowest BCUT2D eigenvalue weighted by atomic mass is 9.78. The van der Waals surface area contributed by atoms with Crippen molar-refractivity contribution in [2.45, 2.75) is 31.4 Å². The monoisotopic (exact) mass is 443 g/mol. The molecule has 0 bridgehead atoms. The molecule has 1 aliphatic carbocycles. The molecule has 0 spiro atoms. The van der Waals surface area contributed by atoms with Crippen LogP contribution in [0.15, 0.2) is 24.7 Å². The van der Waals surface area contributed by atoms with Gasteiger partial charge in [-0.05, 0) is 24.5 Å². The quantitative estimate of drug-likeness (QED) is 0.338. The minimum Gasteiger partial charge on any atom is -0.360 e. The van der Waals surface area contributed by atoms with Gasteiger partial charge in [-0.15, -0.1) is 0 Å². The van der Waals surface area contributed by atoms with Crippen molar-refractivity contribution in [2.24, 2.45) is 5.92 Å². The number of nitrogens with zero attached hydrogens (tertiary/aromatic N) is 3. The maximum Gasteiger partial charge on any atom is 0.405 e. The van der Waals surface area contributed by atoms with Crippen molar-refractivity contribution in [1.82, 2.24) is 19.9 Å². The summed E-state index contributed by atoms with van der Waals surface area (Å²) in [6, 6.07) is 2.56. The lowest BCUT2D eigenvalue weighted by Gasteiger charge is -2.34. The zero-order valence-corrected chi connectivity index (χ0v) is 15.7. The van der Waals surface area contributed by atoms with E-state index in [1.54, 1.807) is 0 Å². The van der Waals surface area contributed by atoms with Gasteiger partial charge in [-0.3, -0.25) is 4.79 Å². The van der Waals surface area contributed by atoms with Gasteiger partial charge in [0.2, 0.25) is 11.9 Å². The van der Waals surface area contributed by atoms with Crippen LogP contribution in [0.5, 0.6) is 0 Å². The lowest BCUT2D eigenvalue weighted by Crippen LogP contribution is -2.36. The Hall–Kier alpha value is -3.18. The van der Waals surface area contributed by atoms with Gasteiger partial charge in [-0.2, -0.15) is 17.6 Å². The molecule has 12 heteroatoms. The lowest BCUT2D eigenvalue weighted by molar-refractivity contribution is -0.115. The van der Waals surface area contributed by atoms with Gasteiger partial charge in [-0.1, -0.05) is 0 Å². The highest BCUT2D eigenvalue weighted by Crippen LogP contribution is 2.43. The molecule has 3 aromatic heterocycles. The first kappa shape index (κ1) is 21.1. The van der Waals surface area contributed by atoms with Crippen molar-refractivity contribution in [2.75, 3.05) is 11.9 Å². The van der Waals surface area contributed by atoms with E-state index in [1.807, 2.05) is 0 Å². The molecule has 0 aliphatic heterocycles. The van der Waals surface area contributed by atoms with E-state index in [2.05, 4.69) is 25.3 Å². The van der Waals surface area contributed by atoms with Gasteiger partial charge in [0.1, 0.15) is 24.3 Å². The zero-order valence-electron chi connectivity index (χ0n) is 15.7. The van der Waals surface area contributed by atoms with Crippen molar-refractivity contribution in [3.8, 4) is 0 Å². The van der Waals surface area contributed by atoms with Crippen LogP contribution in [0.2, 0.25) is 0 Å². The number of aromatic nitrogens is 4. The normalized spacial score (nSPS) is 16.3. The average molecular weight is 443 g/mol. The molecule has 3 aromatic rings. The van der Waals surface area contributed by atoms with Gasteiger partial charge in [0.05, 0.1) is 16.5 Å². The SMILES string of the molecule is O=C(c1ccc(CC2CC(F)(F)C2)nc1F)c1c[nH]c2ncnc(NCC(F)(F)F)c12. The first-order valence-electron chi connectivity index (χ1n) is 9.23. The van der Waals surface area contributed by atoms with Gasteiger partial charge < -0.3 is 10.3 Å². The average Bonchev–Trinajstić information content (AvgIpc) is 3.08. The number of H-pyrrole nitrogens is 1. The standard InChI is InChI=1S/C19H15F6N5O/c20-15-11(2-1-10(30-15)3-9-4-18(21,22)5-9)14(31)12-6-26-16-13(12)17(29-8-28-16)27-7-19(23,24)25/h1-2,6,8-9H,3-5,7H2,(H2,26,27,28,29). The second kappa shape index (κ2) is 7.50. The van der Waals surface area contributed by atoms with Crippen molar-refractivity contribution in [1.29, 1.82) is 0 Å². The number of fused-ring (bicyclic) bond motifs is 1. The molecule has 0 saturated heterocycles. The zero-order chi connectivity index (χ0) is 22.4. The Morgan fingerprint density at radius 1 is 1.19 bits per heavy atom. The van der Waals surface area contributed by atoms with E-state index in [4.69, 9.17) is 0 Å². The van der Waals surface area contributed by atoms with E-state index in [0.717, 1.165) is 6.33 Å². The van der Waals surface area contributed by atoms with Crippen LogP contribution in [-0.4, -0.2) is 44.4 Å². The Bertz CT molecular complexity index is 1130. The molecule has 1 aliphatic rings. The van der Waals surface area contributed by atoms with Gasteiger partial charge in [0, 0.05) is 24.7 Å². The van der Waals surface area contributed by atoms with Crippen LogP contribution in [0.4, 0.5) is 32.2 Å². The summed E-state index contributed by atoms with van der Waals surface area (Å²) in [6.45, 7) is -1.39. The summed E-state index contributed by atoms with van der Waals surface area (Å²) >= 11 is 0. The molecule has 1 saturated carbocycles. The first-order valence-corrected chi connectivity index (χ1v) is 9.23. The Kier molecular flexibility index (Phi) is 5.10. The van der Waals surface area contributed by atoms with Crippen LogP contribution < -0.4 is 5.32 Å². The summed E-state index contributed by atoms with van der Waals surface area (Å²) in [6.07, 6.45) is -2.72. The van der Waals surface area contributed by atoms with Crippen molar-refractivity contribution >= 4 is 22.6 Å². The van der Waals surface area contributed by atoms with Crippen LogP contribution >= 0.6 is 0 Å². The molecule has 4 rings (SSSR count). The van der Waals surface area contributed by atoms with Crippen LogP contribution in [-0.2, 0) is 6.42 Å². The fourth-order valence-corrected chi connectivity index (χ4v) is 3.58. The van der Waals surface area contributed by atoms with E-state index < -0.39 is 35.9 Å². The number of nitrogens with one attached hydrogen (secondary N) is 2. The van der Waals surface area contributed by atoms with Crippen LogP contribution in [0.1, 0.15) is 34.5 Å². The first-order chi connectivity index (χ1) is 14.5.